The smallest absolute Gasteiger partial charge is 0.245 e. The summed E-state index contributed by atoms with van der Waals surface area (Å²) in [6.45, 7) is 7.60. The van der Waals surface area contributed by atoms with Crippen LogP contribution in [0.5, 0.6) is 0 Å². The van der Waals surface area contributed by atoms with Crippen molar-refractivity contribution in [3.05, 3.63) is 12.2 Å². The number of carbonyl (C=O) groups is 2. The highest BCUT2D eigenvalue weighted by Crippen LogP contribution is 2.23. The summed E-state index contributed by atoms with van der Waals surface area (Å²) in [6, 6.07) is -0.200. The molecule has 0 aliphatic carbocycles. The summed E-state index contributed by atoms with van der Waals surface area (Å²) in [7, 11) is 0. The Morgan fingerprint density at radius 3 is 2.88 bits per heavy atom. The van der Waals surface area contributed by atoms with Crippen LogP contribution in [0.3, 0.4) is 0 Å². The van der Waals surface area contributed by atoms with E-state index >= 15 is 0 Å². The minimum Gasteiger partial charge on any atom is -0.336 e. The van der Waals surface area contributed by atoms with Crippen LogP contribution in [0.2, 0.25) is 0 Å². The molecule has 2 aliphatic rings. The first-order valence-corrected chi connectivity index (χ1v) is 5.82. The topological polar surface area (TPSA) is 40.6 Å². The second-order valence-corrected chi connectivity index (χ2v) is 4.71. The third kappa shape index (κ3) is 1.96. The molecule has 2 saturated heterocycles. The molecular formula is C12H18N2O2. The Labute approximate surface area is 95.9 Å². The van der Waals surface area contributed by atoms with Crippen LogP contribution in [0.1, 0.15) is 26.2 Å². The van der Waals surface area contributed by atoms with Crippen molar-refractivity contribution < 1.29 is 9.59 Å². The van der Waals surface area contributed by atoms with Crippen molar-refractivity contribution in [1.29, 1.82) is 0 Å². The van der Waals surface area contributed by atoms with Crippen LogP contribution < -0.4 is 0 Å². The molecule has 2 heterocycles. The maximum absolute atomic E-state index is 12.2. The van der Waals surface area contributed by atoms with Crippen LogP contribution in [-0.4, -0.2) is 47.3 Å². The van der Waals surface area contributed by atoms with Gasteiger partial charge in [0.1, 0.15) is 6.04 Å². The molecule has 2 rings (SSSR count). The van der Waals surface area contributed by atoms with E-state index in [1.807, 2.05) is 6.92 Å². The molecule has 0 N–H and O–H groups in total. The molecule has 0 aromatic rings. The molecule has 0 aromatic heterocycles. The molecule has 4 heteroatoms. The van der Waals surface area contributed by atoms with Crippen LogP contribution in [-0.2, 0) is 9.59 Å². The van der Waals surface area contributed by atoms with Crippen LogP contribution in [0, 0.1) is 0 Å². The van der Waals surface area contributed by atoms with Gasteiger partial charge in [0.25, 0.3) is 0 Å². The Morgan fingerprint density at radius 1 is 1.44 bits per heavy atom. The predicted molar refractivity (Wildman–Crippen MR) is 60.7 cm³/mol. The first-order valence-electron chi connectivity index (χ1n) is 5.82. The van der Waals surface area contributed by atoms with Gasteiger partial charge in [0.05, 0.1) is 0 Å². The SMILES string of the molecule is C=C(C)CN1CCC(=O)N2CCCC2C1=O. The lowest BCUT2D eigenvalue weighted by atomic mass is 10.2. The lowest BCUT2D eigenvalue weighted by Crippen LogP contribution is -2.44. The van der Waals surface area contributed by atoms with Gasteiger partial charge in [-0.3, -0.25) is 9.59 Å². The number of carbonyl (C=O) groups excluding carboxylic acids is 2. The Morgan fingerprint density at radius 2 is 2.19 bits per heavy atom. The van der Waals surface area contributed by atoms with Crippen molar-refractivity contribution in [2.45, 2.75) is 32.2 Å². The van der Waals surface area contributed by atoms with Gasteiger partial charge in [0.2, 0.25) is 11.8 Å². The highest BCUT2D eigenvalue weighted by Gasteiger charge is 2.38. The second-order valence-electron chi connectivity index (χ2n) is 4.71. The van der Waals surface area contributed by atoms with Gasteiger partial charge >= 0.3 is 0 Å². The Kier molecular flexibility index (Phi) is 2.99. The minimum absolute atomic E-state index is 0.103. The molecule has 0 saturated carbocycles. The standard InChI is InChI=1S/C12H18N2O2/c1-9(2)8-13-7-5-11(15)14-6-3-4-10(14)12(13)16/h10H,1,3-8H2,2H3. The number of nitrogens with zero attached hydrogens (tertiary/aromatic N) is 2. The fourth-order valence-corrected chi connectivity index (χ4v) is 2.50. The van der Waals surface area contributed by atoms with Crippen molar-refractivity contribution in [1.82, 2.24) is 9.80 Å². The molecule has 88 valence electrons. The third-order valence-electron chi connectivity index (χ3n) is 3.23. The summed E-state index contributed by atoms with van der Waals surface area (Å²) in [4.78, 5) is 27.5. The number of fused-ring (bicyclic) bond motifs is 1. The summed E-state index contributed by atoms with van der Waals surface area (Å²) >= 11 is 0. The molecular weight excluding hydrogens is 204 g/mol. The number of hydrogen-bond acceptors (Lipinski definition) is 2. The quantitative estimate of drug-likeness (QED) is 0.648. The first-order chi connectivity index (χ1) is 7.59. The molecule has 2 amide bonds. The lowest BCUT2D eigenvalue weighted by Gasteiger charge is -2.25. The Balaban J connectivity index is 2.16. The van der Waals surface area contributed by atoms with E-state index in [1.54, 1.807) is 9.80 Å². The first kappa shape index (κ1) is 11.2. The predicted octanol–water partition coefficient (Wildman–Crippen LogP) is 0.786. The van der Waals surface area contributed by atoms with Crippen molar-refractivity contribution >= 4 is 11.8 Å². The molecule has 2 aliphatic heterocycles. The van der Waals surface area contributed by atoms with E-state index in [1.165, 1.54) is 0 Å². The second kappa shape index (κ2) is 4.28. The molecule has 0 spiro atoms. The highest BCUT2D eigenvalue weighted by atomic mass is 16.2. The van der Waals surface area contributed by atoms with Gasteiger partial charge in [-0.05, 0) is 19.8 Å². The average Bonchev–Trinajstić information content (AvgIpc) is 2.67. The number of rotatable bonds is 2. The number of amides is 2. The van der Waals surface area contributed by atoms with Gasteiger partial charge in [-0.2, -0.15) is 0 Å². The molecule has 0 bridgehead atoms. The summed E-state index contributed by atoms with van der Waals surface area (Å²) in [6.07, 6.45) is 2.22. The van der Waals surface area contributed by atoms with E-state index < -0.39 is 0 Å². The summed E-state index contributed by atoms with van der Waals surface area (Å²) in [5.41, 5.74) is 0.965. The largest absolute Gasteiger partial charge is 0.336 e. The molecule has 1 unspecified atom stereocenters. The normalized spacial score (nSPS) is 25.7. The van der Waals surface area contributed by atoms with Crippen molar-refractivity contribution in [3.8, 4) is 0 Å². The van der Waals surface area contributed by atoms with Crippen LogP contribution in [0.15, 0.2) is 12.2 Å². The van der Waals surface area contributed by atoms with Crippen molar-refractivity contribution in [3.63, 3.8) is 0 Å². The molecule has 4 nitrogen and oxygen atoms in total. The van der Waals surface area contributed by atoms with Crippen LogP contribution in [0.25, 0.3) is 0 Å². The average molecular weight is 222 g/mol. The van der Waals surface area contributed by atoms with Crippen molar-refractivity contribution in [2.24, 2.45) is 0 Å². The van der Waals surface area contributed by atoms with Gasteiger partial charge < -0.3 is 9.80 Å². The van der Waals surface area contributed by atoms with Gasteiger partial charge in [-0.1, -0.05) is 12.2 Å². The van der Waals surface area contributed by atoms with E-state index in [4.69, 9.17) is 0 Å². The fourth-order valence-electron chi connectivity index (χ4n) is 2.50. The van der Waals surface area contributed by atoms with Crippen LogP contribution in [0.4, 0.5) is 0 Å². The van der Waals surface area contributed by atoms with Gasteiger partial charge in [0, 0.05) is 26.1 Å². The third-order valence-corrected chi connectivity index (χ3v) is 3.23. The molecule has 0 radical (unpaired) electrons. The lowest BCUT2D eigenvalue weighted by molar-refractivity contribution is -0.139. The van der Waals surface area contributed by atoms with Crippen LogP contribution >= 0.6 is 0 Å². The zero-order chi connectivity index (χ0) is 11.7. The molecule has 16 heavy (non-hydrogen) atoms. The highest BCUT2D eigenvalue weighted by molar-refractivity contribution is 5.90. The van der Waals surface area contributed by atoms with Gasteiger partial charge in [0.15, 0.2) is 0 Å². The van der Waals surface area contributed by atoms with Crippen molar-refractivity contribution in [2.75, 3.05) is 19.6 Å². The van der Waals surface area contributed by atoms with E-state index in [0.29, 0.717) is 19.5 Å². The fraction of sp³-hybridized carbons (Fsp3) is 0.667. The van der Waals surface area contributed by atoms with Gasteiger partial charge in [-0.15, -0.1) is 0 Å². The zero-order valence-electron chi connectivity index (χ0n) is 9.74. The molecule has 2 fully saturated rings. The van der Waals surface area contributed by atoms with Gasteiger partial charge in [-0.25, -0.2) is 0 Å². The molecule has 0 aromatic carbocycles. The summed E-state index contributed by atoms with van der Waals surface area (Å²) < 4.78 is 0. The van der Waals surface area contributed by atoms with E-state index in [0.717, 1.165) is 25.0 Å². The summed E-state index contributed by atoms with van der Waals surface area (Å²) in [5, 5.41) is 0. The maximum Gasteiger partial charge on any atom is 0.245 e. The van der Waals surface area contributed by atoms with E-state index in [9.17, 15) is 9.59 Å². The minimum atomic E-state index is -0.200. The summed E-state index contributed by atoms with van der Waals surface area (Å²) in [5.74, 6) is 0.228. The monoisotopic (exact) mass is 222 g/mol. The zero-order valence-corrected chi connectivity index (χ0v) is 9.74. The van der Waals surface area contributed by atoms with E-state index in [-0.39, 0.29) is 17.9 Å². The van der Waals surface area contributed by atoms with E-state index in [2.05, 4.69) is 6.58 Å². The Hall–Kier alpha value is -1.32. The Bertz CT molecular complexity index is 338. The molecule has 1 atom stereocenters. The maximum atomic E-state index is 12.2. The number of hydrogen-bond donors (Lipinski definition) is 0.